The number of amides is 1. The molecule has 2 aromatic heterocycles. The van der Waals surface area contributed by atoms with E-state index in [2.05, 4.69) is 10.3 Å². The van der Waals surface area contributed by atoms with E-state index < -0.39 is 44.6 Å². The summed E-state index contributed by atoms with van der Waals surface area (Å²) in [5.41, 5.74) is -0.923. The van der Waals surface area contributed by atoms with Crippen LogP contribution in [-0.4, -0.2) is 36.1 Å². The van der Waals surface area contributed by atoms with Crippen molar-refractivity contribution in [3.63, 3.8) is 0 Å². The van der Waals surface area contributed by atoms with Gasteiger partial charge in [-0.15, -0.1) is 0 Å². The minimum Gasteiger partial charge on any atom is -0.340 e. The molecule has 8 nitrogen and oxygen atoms in total. The topological polar surface area (TPSA) is 117 Å². The second-order valence-electron chi connectivity index (χ2n) is 6.02. The van der Waals surface area contributed by atoms with Crippen LogP contribution < -0.4 is 10.0 Å². The molecule has 0 aliphatic carbocycles. The first-order valence-electron chi connectivity index (χ1n) is 7.91. The Morgan fingerprint density at radius 3 is 2.55 bits per heavy atom. The normalized spacial score (nSPS) is 13.0. The lowest BCUT2D eigenvalue weighted by molar-refractivity contribution is -0.147. The quantitative estimate of drug-likeness (QED) is 0.702. The molecule has 0 fully saturated rings. The summed E-state index contributed by atoms with van der Waals surface area (Å²) >= 11 is 0. The Balaban J connectivity index is 2.44. The summed E-state index contributed by atoms with van der Waals surface area (Å²) in [6, 6.07) is 1.80. The molecule has 0 aromatic carbocycles. The summed E-state index contributed by atoms with van der Waals surface area (Å²) in [5, 5.41) is 11.1. The minimum atomic E-state index is -4.92. The van der Waals surface area contributed by atoms with Crippen molar-refractivity contribution in [2.75, 3.05) is 5.32 Å². The maximum absolute atomic E-state index is 14.8. The van der Waals surface area contributed by atoms with E-state index in [9.17, 15) is 30.8 Å². The van der Waals surface area contributed by atoms with Crippen molar-refractivity contribution < 1.29 is 30.8 Å². The highest BCUT2D eigenvalue weighted by molar-refractivity contribution is 7.89. The monoisotopic (exact) mass is 433 g/mol. The number of sulfonamides is 1. The third-order valence-electron chi connectivity index (χ3n) is 4.01. The molecular weight excluding hydrogens is 418 g/mol. The van der Waals surface area contributed by atoms with E-state index in [4.69, 9.17) is 5.26 Å². The van der Waals surface area contributed by atoms with Gasteiger partial charge in [0.25, 0.3) is 5.91 Å². The summed E-state index contributed by atoms with van der Waals surface area (Å²) in [7, 11) is -3.73. The van der Waals surface area contributed by atoms with Gasteiger partial charge < -0.3 is 9.88 Å². The highest BCUT2D eigenvalue weighted by Crippen LogP contribution is 2.28. The number of pyridine rings is 1. The van der Waals surface area contributed by atoms with E-state index in [1.807, 2.05) is 0 Å². The molecule has 0 bridgehead atoms. The van der Waals surface area contributed by atoms with Gasteiger partial charge in [-0.3, -0.25) is 4.79 Å². The summed E-state index contributed by atoms with van der Waals surface area (Å²) in [6.45, 7) is 1.71. The zero-order valence-corrected chi connectivity index (χ0v) is 16.1. The molecule has 156 valence electrons. The molecule has 2 rings (SSSR count). The third-order valence-corrected chi connectivity index (χ3v) is 5.69. The molecule has 29 heavy (non-hydrogen) atoms. The number of hydrogen-bond donors (Lipinski definition) is 2. The molecule has 13 heteroatoms. The molecule has 2 N–H and O–H groups in total. The number of hydrogen-bond acceptors (Lipinski definition) is 5. The molecule has 1 amide bonds. The Hall–Kier alpha value is -2.98. The fraction of sp³-hybridized carbons (Fsp3) is 0.312. The van der Waals surface area contributed by atoms with Crippen LogP contribution in [0.4, 0.5) is 23.2 Å². The van der Waals surface area contributed by atoms with Gasteiger partial charge in [-0.25, -0.2) is 17.8 Å². The Morgan fingerprint density at radius 1 is 1.38 bits per heavy atom. The number of nitrogens with one attached hydrogen (secondary N) is 2. The standard InChI is InChI=1S/C16H15F4N5O3S/c1-8-14(29(27,28)24-9(2)16(18,19)20)12(17)13(25(8)3)15(26)23-10-4-5-22-11(6-10)7-21/h4-6,9,24H,1-3H3,(H,22,23,26). The van der Waals surface area contributed by atoms with Crippen LogP contribution in [0.5, 0.6) is 0 Å². The Kier molecular flexibility index (Phi) is 6.00. The number of nitrogens with zero attached hydrogens (tertiary/aromatic N) is 3. The predicted octanol–water partition coefficient (Wildman–Crippen LogP) is 2.22. The van der Waals surface area contributed by atoms with Crippen LogP contribution in [0.3, 0.4) is 0 Å². The van der Waals surface area contributed by atoms with Crippen LogP contribution in [0, 0.1) is 24.1 Å². The number of carbonyl (C=O) groups excluding carboxylic acids is 1. The summed E-state index contributed by atoms with van der Waals surface area (Å²) in [6.07, 6.45) is -3.66. The van der Waals surface area contributed by atoms with E-state index in [0.29, 0.717) is 6.92 Å². The van der Waals surface area contributed by atoms with Gasteiger partial charge in [-0.1, -0.05) is 0 Å². The number of aromatic nitrogens is 2. The van der Waals surface area contributed by atoms with Crippen molar-refractivity contribution in [3.8, 4) is 6.07 Å². The van der Waals surface area contributed by atoms with E-state index in [1.165, 1.54) is 30.1 Å². The molecule has 0 saturated carbocycles. The Morgan fingerprint density at radius 2 is 2.00 bits per heavy atom. The van der Waals surface area contributed by atoms with Crippen molar-refractivity contribution in [1.29, 1.82) is 5.26 Å². The van der Waals surface area contributed by atoms with Crippen molar-refractivity contribution in [2.24, 2.45) is 7.05 Å². The maximum atomic E-state index is 14.8. The second kappa shape index (κ2) is 7.80. The fourth-order valence-electron chi connectivity index (χ4n) is 2.42. The molecule has 0 aliphatic rings. The van der Waals surface area contributed by atoms with Crippen LogP contribution in [0.1, 0.15) is 28.8 Å². The molecule has 2 heterocycles. The molecule has 1 unspecified atom stereocenters. The van der Waals surface area contributed by atoms with Gasteiger partial charge >= 0.3 is 6.18 Å². The smallest absolute Gasteiger partial charge is 0.340 e. The summed E-state index contributed by atoms with van der Waals surface area (Å²) < 4.78 is 79.8. The van der Waals surface area contributed by atoms with Gasteiger partial charge in [0.2, 0.25) is 10.0 Å². The number of halogens is 4. The number of nitriles is 1. The van der Waals surface area contributed by atoms with Gasteiger partial charge in [-0.05, 0) is 26.0 Å². The Labute approximate surface area is 163 Å². The van der Waals surface area contributed by atoms with Crippen molar-refractivity contribution in [3.05, 3.63) is 41.2 Å². The van der Waals surface area contributed by atoms with Gasteiger partial charge in [0, 0.05) is 24.6 Å². The average Bonchev–Trinajstić information content (AvgIpc) is 2.83. The molecule has 0 radical (unpaired) electrons. The van der Waals surface area contributed by atoms with Crippen LogP contribution in [0.15, 0.2) is 23.2 Å². The summed E-state index contributed by atoms with van der Waals surface area (Å²) in [5.74, 6) is -2.56. The molecular formula is C16H15F4N5O3S. The zero-order chi connectivity index (χ0) is 22.1. The van der Waals surface area contributed by atoms with E-state index >= 15 is 0 Å². The van der Waals surface area contributed by atoms with Crippen LogP contribution in [0.25, 0.3) is 0 Å². The lowest BCUT2D eigenvalue weighted by Crippen LogP contribution is -2.43. The highest BCUT2D eigenvalue weighted by atomic mass is 32.2. The zero-order valence-electron chi connectivity index (χ0n) is 15.3. The Bertz CT molecular complexity index is 1100. The molecule has 0 spiro atoms. The van der Waals surface area contributed by atoms with Gasteiger partial charge in [0.15, 0.2) is 5.82 Å². The molecule has 1 atom stereocenters. The average molecular weight is 433 g/mol. The summed E-state index contributed by atoms with van der Waals surface area (Å²) in [4.78, 5) is 15.1. The number of anilines is 1. The minimum absolute atomic E-state index is 0.0278. The number of rotatable bonds is 5. The van der Waals surface area contributed by atoms with Crippen molar-refractivity contribution >= 4 is 21.6 Å². The maximum Gasteiger partial charge on any atom is 0.404 e. The van der Waals surface area contributed by atoms with Gasteiger partial charge in [0.1, 0.15) is 28.4 Å². The molecule has 2 aromatic rings. The second-order valence-corrected chi connectivity index (χ2v) is 7.67. The third kappa shape index (κ3) is 4.54. The van der Waals surface area contributed by atoms with Crippen molar-refractivity contribution in [1.82, 2.24) is 14.3 Å². The predicted molar refractivity (Wildman–Crippen MR) is 92.9 cm³/mol. The number of carbonyl (C=O) groups is 1. The largest absolute Gasteiger partial charge is 0.404 e. The van der Waals surface area contributed by atoms with Crippen LogP contribution >= 0.6 is 0 Å². The lowest BCUT2D eigenvalue weighted by atomic mass is 10.3. The van der Waals surface area contributed by atoms with E-state index in [-0.39, 0.29) is 17.1 Å². The first kappa shape index (κ1) is 22.3. The van der Waals surface area contributed by atoms with Gasteiger partial charge in [0.05, 0.1) is 0 Å². The van der Waals surface area contributed by atoms with Crippen LogP contribution in [-0.2, 0) is 17.1 Å². The van der Waals surface area contributed by atoms with E-state index in [0.717, 1.165) is 11.5 Å². The molecule has 0 saturated heterocycles. The molecule has 0 aliphatic heterocycles. The first-order valence-corrected chi connectivity index (χ1v) is 9.39. The van der Waals surface area contributed by atoms with Crippen LogP contribution in [0.2, 0.25) is 0 Å². The lowest BCUT2D eigenvalue weighted by Gasteiger charge is -2.17. The SMILES string of the molecule is Cc1c(S(=O)(=O)NC(C)C(F)(F)F)c(F)c(C(=O)Nc2ccnc(C#N)c2)n1C. The van der Waals surface area contributed by atoms with E-state index in [1.54, 1.807) is 6.07 Å². The number of alkyl halides is 3. The first-order chi connectivity index (χ1) is 13.3. The highest BCUT2D eigenvalue weighted by Gasteiger charge is 2.41. The fourth-order valence-corrected chi connectivity index (χ4v) is 3.99. The van der Waals surface area contributed by atoms with Gasteiger partial charge in [-0.2, -0.15) is 23.2 Å². The van der Waals surface area contributed by atoms with Crippen molar-refractivity contribution in [2.45, 2.75) is 31.0 Å².